The standard InChI is InChI=1S/C18H17N3O3/c19-17(22)13-10-21(9-12-5-2-1-3-6-12)11-14(18(20)23)16(13)15-7-4-8-24-15/h1-8,10-11,16H,9H2,(H2,19,22)(H2,20,23). The molecule has 1 aromatic heterocycles. The van der Waals surface area contributed by atoms with Crippen LogP contribution < -0.4 is 11.5 Å². The van der Waals surface area contributed by atoms with E-state index in [1.165, 1.54) is 6.26 Å². The van der Waals surface area contributed by atoms with Gasteiger partial charge in [0.2, 0.25) is 11.8 Å². The molecule has 0 unspecified atom stereocenters. The number of amides is 2. The molecule has 6 heteroatoms. The first-order valence-corrected chi connectivity index (χ1v) is 7.42. The van der Waals surface area contributed by atoms with Gasteiger partial charge in [-0.15, -0.1) is 0 Å². The Morgan fingerprint density at radius 2 is 1.58 bits per heavy atom. The fourth-order valence-electron chi connectivity index (χ4n) is 2.77. The van der Waals surface area contributed by atoms with E-state index in [1.807, 2.05) is 30.3 Å². The number of nitrogens with two attached hydrogens (primary N) is 2. The number of rotatable bonds is 5. The van der Waals surface area contributed by atoms with Crippen LogP contribution in [-0.2, 0) is 16.1 Å². The van der Waals surface area contributed by atoms with Crippen molar-refractivity contribution in [1.82, 2.24) is 4.90 Å². The lowest BCUT2D eigenvalue weighted by Crippen LogP contribution is -2.32. The lowest BCUT2D eigenvalue weighted by Gasteiger charge is -2.28. The molecule has 0 radical (unpaired) electrons. The second-order valence-electron chi connectivity index (χ2n) is 5.50. The Morgan fingerprint density at radius 3 is 2.08 bits per heavy atom. The zero-order valence-electron chi connectivity index (χ0n) is 12.9. The number of nitrogens with zero attached hydrogens (tertiary/aromatic N) is 1. The minimum Gasteiger partial charge on any atom is -0.468 e. The largest absolute Gasteiger partial charge is 0.468 e. The van der Waals surface area contributed by atoms with Gasteiger partial charge in [0.1, 0.15) is 5.76 Å². The molecule has 24 heavy (non-hydrogen) atoms. The number of carbonyl (C=O) groups is 2. The van der Waals surface area contributed by atoms with Crippen LogP contribution in [0.4, 0.5) is 0 Å². The van der Waals surface area contributed by atoms with E-state index in [0.29, 0.717) is 12.3 Å². The van der Waals surface area contributed by atoms with Crippen LogP contribution in [0, 0.1) is 0 Å². The average molecular weight is 323 g/mol. The predicted octanol–water partition coefficient (Wildman–Crippen LogP) is 1.62. The predicted molar refractivity (Wildman–Crippen MR) is 88.0 cm³/mol. The molecule has 1 aliphatic heterocycles. The van der Waals surface area contributed by atoms with Crippen LogP contribution in [0.5, 0.6) is 0 Å². The highest BCUT2D eigenvalue weighted by Crippen LogP contribution is 2.36. The molecule has 2 heterocycles. The molecule has 0 aliphatic carbocycles. The lowest BCUT2D eigenvalue weighted by molar-refractivity contribution is -0.115. The van der Waals surface area contributed by atoms with E-state index < -0.39 is 17.7 Å². The third-order valence-corrected chi connectivity index (χ3v) is 3.84. The van der Waals surface area contributed by atoms with Crippen LogP contribution in [0.25, 0.3) is 0 Å². The lowest BCUT2D eigenvalue weighted by atomic mass is 9.86. The van der Waals surface area contributed by atoms with Gasteiger partial charge in [-0.05, 0) is 17.7 Å². The minimum absolute atomic E-state index is 0.261. The van der Waals surface area contributed by atoms with Gasteiger partial charge in [-0.1, -0.05) is 30.3 Å². The van der Waals surface area contributed by atoms with E-state index in [9.17, 15) is 9.59 Å². The highest BCUT2D eigenvalue weighted by Gasteiger charge is 2.33. The zero-order chi connectivity index (χ0) is 17.1. The first-order valence-electron chi connectivity index (χ1n) is 7.42. The molecule has 1 aromatic carbocycles. The second-order valence-corrected chi connectivity index (χ2v) is 5.50. The molecule has 0 saturated heterocycles. The molecule has 0 saturated carbocycles. The Bertz CT molecular complexity index is 775. The third-order valence-electron chi connectivity index (χ3n) is 3.84. The van der Waals surface area contributed by atoms with Crippen molar-refractivity contribution in [2.24, 2.45) is 11.5 Å². The average Bonchev–Trinajstić information content (AvgIpc) is 3.09. The van der Waals surface area contributed by atoms with Crippen molar-refractivity contribution in [2.75, 3.05) is 0 Å². The van der Waals surface area contributed by atoms with Gasteiger partial charge >= 0.3 is 0 Å². The maximum atomic E-state index is 11.9. The summed E-state index contributed by atoms with van der Waals surface area (Å²) in [6, 6.07) is 13.0. The Labute approximate surface area is 139 Å². The molecule has 2 aromatic rings. The summed E-state index contributed by atoms with van der Waals surface area (Å²) >= 11 is 0. The van der Waals surface area contributed by atoms with Crippen LogP contribution in [0.15, 0.2) is 76.7 Å². The number of benzene rings is 1. The molecule has 122 valence electrons. The van der Waals surface area contributed by atoms with Crippen molar-refractivity contribution in [3.63, 3.8) is 0 Å². The van der Waals surface area contributed by atoms with E-state index >= 15 is 0 Å². The second kappa shape index (κ2) is 6.45. The van der Waals surface area contributed by atoms with E-state index in [-0.39, 0.29) is 11.1 Å². The number of carbonyl (C=O) groups excluding carboxylic acids is 2. The summed E-state index contributed by atoms with van der Waals surface area (Å²) in [4.78, 5) is 25.6. The van der Waals surface area contributed by atoms with Crippen molar-refractivity contribution in [3.8, 4) is 0 Å². The molecule has 4 N–H and O–H groups in total. The quantitative estimate of drug-likeness (QED) is 0.872. The number of primary amides is 2. The van der Waals surface area contributed by atoms with Crippen LogP contribution in [0.1, 0.15) is 17.2 Å². The summed E-state index contributed by atoms with van der Waals surface area (Å²) in [5.41, 5.74) is 12.6. The molecular formula is C18H17N3O3. The van der Waals surface area contributed by atoms with Gasteiger partial charge in [-0.25, -0.2) is 0 Å². The molecular weight excluding hydrogens is 306 g/mol. The molecule has 0 atom stereocenters. The van der Waals surface area contributed by atoms with E-state index in [0.717, 1.165) is 5.56 Å². The summed E-state index contributed by atoms with van der Waals surface area (Å²) in [7, 11) is 0. The Hall–Kier alpha value is -3.28. The SMILES string of the molecule is NC(=O)C1=CN(Cc2ccccc2)C=C(C(N)=O)C1c1ccco1. The Morgan fingerprint density at radius 1 is 0.958 bits per heavy atom. The van der Waals surface area contributed by atoms with E-state index in [4.69, 9.17) is 15.9 Å². The van der Waals surface area contributed by atoms with Gasteiger partial charge < -0.3 is 20.8 Å². The van der Waals surface area contributed by atoms with Gasteiger partial charge in [0.15, 0.2) is 0 Å². The van der Waals surface area contributed by atoms with Gasteiger partial charge in [0.05, 0.1) is 12.2 Å². The first kappa shape index (κ1) is 15.6. The smallest absolute Gasteiger partial charge is 0.247 e. The summed E-state index contributed by atoms with van der Waals surface area (Å²) < 4.78 is 5.37. The fraction of sp³-hybridized carbons (Fsp3) is 0.111. The fourth-order valence-corrected chi connectivity index (χ4v) is 2.77. The molecule has 0 bridgehead atoms. The number of hydrogen-bond donors (Lipinski definition) is 2. The first-order chi connectivity index (χ1) is 11.6. The van der Waals surface area contributed by atoms with Crippen molar-refractivity contribution in [1.29, 1.82) is 0 Å². The van der Waals surface area contributed by atoms with Crippen LogP contribution in [0.2, 0.25) is 0 Å². The van der Waals surface area contributed by atoms with Crippen LogP contribution in [0.3, 0.4) is 0 Å². The Kier molecular flexibility index (Phi) is 4.20. The van der Waals surface area contributed by atoms with Crippen molar-refractivity contribution in [2.45, 2.75) is 12.5 Å². The molecule has 0 spiro atoms. The summed E-state index contributed by atoms with van der Waals surface area (Å²) in [5, 5.41) is 0. The topological polar surface area (TPSA) is 103 Å². The van der Waals surface area contributed by atoms with Crippen LogP contribution >= 0.6 is 0 Å². The van der Waals surface area contributed by atoms with E-state index in [1.54, 1.807) is 29.4 Å². The van der Waals surface area contributed by atoms with Crippen LogP contribution in [-0.4, -0.2) is 16.7 Å². The monoisotopic (exact) mass is 323 g/mol. The van der Waals surface area contributed by atoms with Gasteiger partial charge in [-0.3, -0.25) is 9.59 Å². The summed E-state index contributed by atoms with van der Waals surface area (Å²) in [6.07, 6.45) is 4.74. The highest BCUT2D eigenvalue weighted by molar-refractivity contribution is 6.01. The third kappa shape index (κ3) is 3.08. The number of furan rings is 1. The van der Waals surface area contributed by atoms with Crippen molar-refractivity contribution >= 4 is 11.8 Å². The van der Waals surface area contributed by atoms with Gasteiger partial charge in [0.25, 0.3) is 0 Å². The maximum Gasteiger partial charge on any atom is 0.247 e. The molecule has 6 nitrogen and oxygen atoms in total. The maximum absolute atomic E-state index is 11.9. The summed E-state index contributed by atoms with van der Waals surface area (Å²) in [5.74, 6) is -1.49. The molecule has 1 aliphatic rings. The van der Waals surface area contributed by atoms with Gasteiger partial charge in [0, 0.05) is 30.1 Å². The summed E-state index contributed by atoms with van der Waals surface area (Å²) in [6.45, 7) is 0.485. The van der Waals surface area contributed by atoms with Crippen molar-refractivity contribution in [3.05, 3.63) is 83.6 Å². The van der Waals surface area contributed by atoms with E-state index in [2.05, 4.69) is 0 Å². The van der Waals surface area contributed by atoms with Gasteiger partial charge in [-0.2, -0.15) is 0 Å². The molecule has 2 amide bonds. The molecule has 3 rings (SSSR count). The van der Waals surface area contributed by atoms with Crippen molar-refractivity contribution < 1.29 is 14.0 Å². The highest BCUT2D eigenvalue weighted by atomic mass is 16.3. The zero-order valence-corrected chi connectivity index (χ0v) is 12.9. The number of hydrogen-bond acceptors (Lipinski definition) is 4. The normalized spacial score (nSPS) is 14.9. The molecule has 0 fully saturated rings. The minimum atomic E-state index is -0.693. The Balaban J connectivity index is 2.01.